The highest BCUT2D eigenvalue weighted by Crippen LogP contribution is 2.27. The van der Waals surface area contributed by atoms with Crippen molar-refractivity contribution >= 4 is 75.0 Å². The van der Waals surface area contributed by atoms with Gasteiger partial charge in [-0.05, 0) is 61.0 Å². The van der Waals surface area contributed by atoms with Crippen molar-refractivity contribution in [3.05, 3.63) is 86.9 Å². The SMILES string of the molecule is CNc1ccc(Cl)c(NC(=O)c2cccc(Cl)c2)c1.O=Cc1ccc(N2CCCS2=O)cc1Cl. The third-order valence-corrected chi connectivity index (χ3v) is 7.33. The van der Waals surface area contributed by atoms with E-state index in [9.17, 15) is 13.8 Å². The van der Waals surface area contributed by atoms with Crippen LogP contribution in [-0.2, 0) is 11.0 Å². The Morgan fingerprint density at radius 2 is 1.82 bits per heavy atom. The molecule has 6 nitrogen and oxygen atoms in total. The first-order chi connectivity index (χ1) is 16.3. The van der Waals surface area contributed by atoms with Gasteiger partial charge in [0.2, 0.25) is 0 Å². The van der Waals surface area contributed by atoms with E-state index in [0.717, 1.165) is 24.3 Å². The maximum absolute atomic E-state index is 12.1. The van der Waals surface area contributed by atoms with Crippen molar-refractivity contribution in [1.82, 2.24) is 0 Å². The van der Waals surface area contributed by atoms with Gasteiger partial charge in [-0.2, -0.15) is 0 Å². The standard InChI is InChI=1S/C14H12Cl2N2O.C10H10ClNO2S/c1-17-11-5-6-12(16)13(8-11)18-14(19)9-3-2-4-10(15)7-9;11-10-6-9(3-2-8(10)7-13)12-4-1-5-15(12)14/h2-8,17H,1H3,(H,18,19);2-3,6-7H,1,4-5H2. The highest BCUT2D eigenvalue weighted by Gasteiger charge is 2.20. The lowest BCUT2D eigenvalue weighted by Gasteiger charge is -2.16. The van der Waals surface area contributed by atoms with Crippen molar-refractivity contribution in [3.8, 4) is 0 Å². The second kappa shape index (κ2) is 12.2. The summed E-state index contributed by atoms with van der Waals surface area (Å²) in [5, 5.41) is 7.15. The predicted molar refractivity (Wildman–Crippen MR) is 142 cm³/mol. The molecule has 0 bridgehead atoms. The first kappa shape index (κ1) is 26.0. The molecule has 1 atom stereocenters. The summed E-state index contributed by atoms with van der Waals surface area (Å²) in [5.74, 6) is 0.449. The Morgan fingerprint density at radius 1 is 1.03 bits per heavy atom. The Hall–Kier alpha value is -2.58. The largest absolute Gasteiger partial charge is 0.388 e. The molecule has 3 aromatic rings. The van der Waals surface area contributed by atoms with Gasteiger partial charge >= 0.3 is 0 Å². The van der Waals surface area contributed by atoms with E-state index in [2.05, 4.69) is 10.6 Å². The van der Waals surface area contributed by atoms with Gasteiger partial charge in [0.1, 0.15) is 11.0 Å². The van der Waals surface area contributed by atoms with E-state index in [-0.39, 0.29) is 5.91 Å². The highest BCUT2D eigenvalue weighted by molar-refractivity contribution is 7.86. The fraction of sp³-hybridized carbons (Fsp3) is 0.167. The normalized spacial score (nSPS) is 14.7. The molecule has 0 radical (unpaired) electrons. The maximum Gasteiger partial charge on any atom is 0.255 e. The number of amides is 1. The first-order valence-electron chi connectivity index (χ1n) is 10.3. The van der Waals surface area contributed by atoms with Gasteiger partial charge in [0.25, 0.3) is 5.91 Å². The Labute approximate surface area is 215 Å². The fourth-order valence-electron chi connectivity index (χ4n) is 3.16. The molecular weight excluding hydrogens is 517 g/mol. The highest BCUT2D eigenvalue weighted by atomic mass is 35.5. The third kappa shape index (κ3) is 6.73. The van der Waals surface area contributed by atoms with E-state index >= 15 is 0 Å². The second-order valence-electron chi connectivity index (χ2n) is 7.21. The lowest BCUT2D eigenvalue weighted by atomic mass is 10.2. The van der Waals surface area contributed by atoms with Crippen LogP contribution >= 0.6 is 34.8 Å². The number of nitrogens with one attached hydrogen (secondary N) is 2. The van der Waals surface area contributed by atoms with Crippen molar-refractivity contribution in [1.29, 1.82) is 0 Å². The van der Waals surface area contributed by atoms with Crippen LogP contribution < -0.4 is 14.9 Å². The summed E-state index contributed by atoms with van der Waals surface area (Å²) < 4.78 is 13.4. The lowest BCUT2D eigenvalue weighted by molar-refractivity contribution is 0.102. The van der Waals surface area contributed by atoms with Crippen molar-refractivity contribution < 1.29 is 13.8 Å². The molecule has 0 aliphatic carbocycles. The molecule has 0 aromatic heterocycles. The molecule has 1 aliphatic heterocycles. The van der Waals surface area contributed by atoms with Gasteiger partial charge in [0, 0.05) is 41.2 Å². The summed E-state index contributed by atoms with van der Waals surface area (Å²) in [7, 11) is 0.855. The molecule has 1 amide bonds. The molecule has 4 rings (SSSR count). The molecule has 1 fully saturated rings. The summed E-state index contributed by atoms with van der Waals surface area (Å²) >= 11 is 17.8. The molecule has 10 heteroatoms. The number of aldehydes is 1. The van der Waals surface area contributed by atoms with Crippen LogP contribution in [0.1, 0.15) is 27.1 Å². The van der Waals surface area contributed by atoms with E-state index in [0.29, 0.717) is 43.9 Å². The van der Waals surface area contributed by atoms with Crippen molar-refractivity contribution in [2.45, 2.75) is 6.42 Å². The summed E-state index contributed by atoms with van der Waals surface area (Å²) in [4.78, 5) is 22.6. The number of rotatable bonds is 5. The summed E-state index contributed by atoms with van der Waals surface area (Å²) in [6, 6.07) is 17.2. The number of hydrogen-bond acceptors (Lipinski definition) is 4. The molecule has 1 heterocycles. The van der Waals surface area contributed by atoms with Gasteiger partial charge in [0.05, 0.1) is 21.4 Å². The lowest BCUT2D eigenvalue weighted by Crippen LogP contribution is -2.19. The molecule has 0 saturated carbocycles. The molecule has 2 N–H and O–H groups in total. The summed E-state index contributed by atoms with van der Waals surface area (Å²) in [6.07, 6.45) is 1.65. The molecule has 3 aromatic carbocycles. The predicted octanol–water partition coefficient (Wildman–Crippen LogP) is 6.31. The minimum Gasteiger partial charge on any atom is -0.388 e. The molecule has 1 saturated heterocycles. The van der Waals surface area contributed by atoms with Crippen LogP contribution in [-0.4, -0.2) is 35.7 Å². The average molecular weight is 539 g/mol. The zero-order valence-electron chi connectivity index (χ0n) is 18.2. The van der Waals surface area contributed by atoms with Gasteiger partial charge in [0.15, 0.2) is 6.29 Å². The van der Waals surface area contributed by atoms with E-state index in [1.807, 2.05) is 6.07 Å². The number of hydrogen-bond donors (Lipinski definition) is 2. The van der Waals surface area contributed by atoms with Gasteiger partial charge in [-0.1, -0.05) is 40.9 Å². The van der Waals surface area contributed by atoms with Crippen LogP contribution in [0.15, 0.2) is 60.7 Å². The van der Waals surface area contributed by atoms with Crippen LogP contribution in [0.2, 0.25) is 15.1 Å². The Kier molecular flexibility index (Phi) is 9.36. The Balaban J connectivity index is 0.000000196. The van der Waals surface area contributed by atoms with Gasteiger partial charge in [-0.15, -0.1) is 0 Å². The van der Waals surface area contributed by atoms with Gasteiger partial charge < -0.3 is 10.6 Å². The minimum absolute atomic E-state index is 0.252. The molecule has 34 heavy (non-hydrogen) atoms. The Morgan fingerprint density at radius 3 is 2.44 bits per heavy atom. The van der Waals surface area contributed by atoms with E-state index in [1.165, 1.54) is 0 Å². The van der Waals surface area contributed by atoms with Crippen LogP contribution in [0.25, 0.3) is 0 Å². The van der Waals surface area contributed by atoms with Crippen LogP contribution in [0, 0.1) is 0 Å². The molecule has 0 spiro atoms. The number of carbonyl (C=O) groups is 2. The number of benzene rings is 3. The summed E-state index contributed by atoms with van der Waals surface area (Å²) in [6.45, 7) is 0.781. The quantitative estimate of drug-likeness (QED) is 0.373. The molecule has 1 unspecified atom stereocenters. The number of anilines is 3. The minimum atomic E-state index is -0.942. The third-order valence-electron chi connectivity index (χ3n) is 4.91. The van der Waals surface area contributed by atoms with Crippen molar-refractivity contribution in [2.24, 2.45) is 0 Å². The monoisotopic (exact) mass is 537 g/mol. The maximum atomic E-state index is 12.1. The smallest absolute Gasteiger partial charge is 0.255 e. The first-order valence-corrected chi connectivity index (χ1v) is 12.7. The average Bonchev–Trinajstić information content (AvgIpc) is 3.26. The zero-order valence-corrected chi connectivity index (χ0v) is 21.3. The molecule has 1 aliphatic rings. The number of nitrogens with zero attached hydrogens (tertiary/aromatic N) is 1. The van der Waals surface area contributed by atoms with E-state index < -0.39 is 11.0 Å². The van der Waals surface area contributed by atoms with E-state index in [4.69, 9.17) is 34.8 Å². The topological polar surface area (TPSA) is 78.5 Å². The zero-order chi connectivity index (χ0) is 24.7. The van der Waals surface area contributed by atoms with Crippen LogP contribution in [0.5, 0.6) is 0 Å². The number of halogens is 3. The summed E-state index contributed by atoms with van der Waals surface area (Å²) in [5.41, 5.74) is 3.19. The van der Waals surface area contributed by atoms with Crippen molar-refractivity contribution in [2.75, 3.05) is 34.3 Å². The molecular formula is C24H22Cl3N3O3S. The second-order valence-corrected chi connectivity index (χ2v) is 9.96. The van der Waals surface area contributed by atoms with E-state index in [1.54, 1.807) is 66.0 Å². The number of carbonyl (C=O) groups excluding carboxylic acids is 2. The Bertz CT molecular complexity index is 1220. The van der Waals surface area contributed by atoms with Gasteiger partial charge in [-0.3, -0.25) is 13.9 Å². The van der Waals surface area contributed by atoms with Crippen LogP contribution in [0.3, 0.4) is 0 Å². The van der Waals surface area contributed by atoms with Gasteiger partial charge in [-0.25, -0.2) is 4.21 Å². The molecule has 178 valence electrons. The van der Waals surface area contributed by atoms with Crippen LogP contribution in [0.4, 0.5) is 17.1 Å². The fourth-order valence-corrected chi connectivity index (χ4v) is 5.01. The van der Waals surface area contributed by atoms with Crippen molar-refractivity contribution in [3.63, 3.8) is 0 Å².